The summed E-state index contributed by atoms with van der Waals surface area (Å²) in [7, 11) is 0. The van der Waals surface area contributed by atoms with Crippen LogP contribution in [0.1, 0.15) is 24.0 Å². The number of hydrogen-bond donors (Lipinski definition) is 2. The van der Waals surface area contributed by atoms with Crippen LogP contribution >= 0.6 is 0 Å². The fourth-order valence-corrected chi connectivity index (χ4v) is 2.85. The molecule has 0 bridgehead atoms. The Kier molecular flexibility index (Phi) is 4.79. The minimum atomic E-state index is -0.466. The van der Waals surface area contributed by atoms with Crippen molar-refractivity contribution in [2.45, 2.75) is 26.2 Å². The number of nitro benzene ring substituents is 1. The third kappa shape index (κ3) is 3.85. The molecule has 0 radical (unpaired) electrons. The molecule has 0 saturated carbocycles. The molecule has 2 aromatic carbocycles. The Balaban J connectivity index is 1.58. The lowest BCUT2D eigenvalue weighted by Gasteiger charge is -2.08. The van der Waals surface area contributed by atoms with E-state index in [4.69, 9.17) is 0 Å². The molecule has 0 fully saturated rings. The van der Waals surface area contributed by atoms with Gasteiger partial charge in [0.2, 0.25) is 5.91 Å². The molecule has 0 aliphatic carbocycles. The third-order valence-corrected chi connectivity index (χ3v) is 4.23. The van der Waals surface area contributed by atoms with Gasteiger partial charge in [0.25, 0.3) is 5.69 Å². The number of carbonyl (C=O) groups is 1. The summed E-state index contributed by atoms with van der Waals surface area (Å²) in [6.07, 6.45) is 3.85. The van der Waals surface area contributed by atoms with Gasteiger partial charge in [-0.2, -0.15) is 0 Å². The SMILES string of the molecule is Cc1ccc([N+](=O)[O-])cc1NC(=O)CCCc1c[nH]c2ccccc12. The fourth-order valence-electron chi connectivity index (χ4n) is 2.85. The molecular formula is C19H19N3O3. The number of amides is 1. The second-order valence-electron chi connectivity index (χ2n) is 6.02. The van der Waals surface area contributed by atoms with E-state index in [1.165, 1.54) is 23.1 Å². The van der Waals surface area contributed by atoms with E-state index in [2.05, 4.69) is 16.4 Å². The minimum Gasteiger partial charge on any atom is -0.361 e. The first kappa shape index (κ1) is 16.7. The average Bonchev–Trinajstić information content (AvgIpc) is 3.00. The summed E-state index contributed by atoms with van der Waals surface area (Å²) in [5, 5.41) is 14.8. The summed E-state index contributed by atoms with van der Waals surface area (Å²) in [6.45, 7) is 1.81. The molecule has 128 valence electrons. The average molecular weight is 337 g/mol. The number of carbonyl (C=O) groups excluding carboxylic acids is 1. The van der Waals surface area contributed by atoms with Crippen molar-refractivity contribution in [3.05, 3.63) is 69.9 Å². The summed E-state index contributed by atoms with van der Waals surface area (Å²) >= 11 is 0. The van der Waals surface area contributed by atoms with Gasteiger partial charge in [-0.25, -0.2) is 0 Å². The van der Waals surface area contributed by atoms with E-state index in [9.17, 15) is 14.9 Å². The number of fused-ring (bicyclic) bond motifs is 1. The Morgan fingerprint density at radius 3 is 2.84 bits per heavy atom. The van der Waals surface area contributed by atoms with E-state index in [0.29, 0.717) is 18.5 Å². The highest BCUT2D eigenvalue weighted by molar-refractivity contribution is 5.92. The molecule has 25 heavy (non-hydrogen) atoms. The van der Waals surface area contributed by atoms with Gasteiger partial charge < -0.3 is 10.3 Å². The summed E-state index contributed by atoms with van der Waals surface area (Å²) in [6, 6.07) is 12.5. The number of para-hydroxylation sites is 1. The van der Waals surface area contributed by atoms with Crippen LogP contribution in [0.5, 0.6) is 0 Å². The zero-order chi connectivity index (χ0) is 17.8. The second-order valence-corrected chi connectivity index (χ2v) is 6.02. The van der Waals surface area contributed by atoms with Crippen LogP contribution in [0.2, 0.25) is 0 Å². The second kappa shape index (κ2) is 7.17. The van der Waals surface area contributed by atoms with Crippen LogP contribution in [-0.2, 0) is 11.2 Å². The molecule has 1 heterocycles. The number of nitro groups is 1. The minimum absolute atomic E-state index is 0.0281. The standard InChI is InChI=1S/C19H19N3O3/c1-13-9-10-15(22(24)25)11-18(13)21-19(23)8-4-5-14-12-20-17-7-3-2-6-16(14)17/h2-3,6-7,9-12,20H,4-5,8H2,1H3,(H,21,23). The first-order valence-electron chi connectivity index (χ1n) is 8.14. The fraction of sp³-hybridized carbons (Fsp3) is 0.211. The Bertz CT molecular complexity index is 931. The number of nitrogens with one attached hydrogen (secondary N) is 2. The molecule has 0 spiro atoms. The number of H-pyrrole nitrogens is 1. The van der Waals surface area contributed by atoms with Gasteiger partial charge in [-0.15, -0.1) is 0 Å². The monoisotopic (exact) mass is 337 g/mol. The van der Waals surface area contributed by atoms with Crippen molar-refractivity contribution in [1.29, 1.82) is 0 Å². The number of nitrogens with zero attached hydrogens (tertiary/aromatic N) is 1. The number of rotatable bonds is 6. The zero-order valence-electron chi connectivity index (χ0n) is 13.9. The molecule has 6 nitrogen and oxygen atoms in total. The van der Waals surface area contributed by atoms with E-state index < -0.39 is 4.92 Å². The van der Waals surface area contributed by atoms with Crippen molar-refractivity contribution < 1.29 is 9.72 Å². The Labute approximate surface area is 145 Å². The van der Waals surface area contributed by atoms with Crippen molar-refractivity contribution in [2.24, 2.45) is 0 Å². The Morgan fingerprint density at radius 2 is 2.04 bits per heavy atom. The summed E-state index contributed by atoms with van der Waals surface area (Å²) in [5.41, 5.74) is 3.55. The van der Waals surface area contributed by atoms with Crippen molar-refractivity contribution >= 4 is 28.2 Å². The van der Waals surface area contributed by atoms with E-state index in [1.807, 2.05) is 31.3 Å². The van der Waals surface area contributed by atoms with Gasteiger partial charge in [0.05, 0.1) is 10.6 Å². The highest BCUT2D eigenvalue weighted by Crippen LogP contribution is 2.23. The summed E-state index contributed by atoms with van der Waals surface area (Å²) in [4.78, 5) is 25.8. The van der Waals surface area contributed by atoms with Gasteiger partial charge in [0.1, 0.15) is 0 Å². The number of aromatic amines is 1. The van der Waals surface area contributed by atoms with E-state index in [0.717, 1.165) is 17.5 Å². The molecule has 0 unspecified atom stereocenters. The van der Waals surface area contributed by atoms with E-state index in [1.54, 1.807) is 6.07 Å². The first-order chi connectivity index (χ1) is 12.0. The molecule has 3 aromatic rings. The zero-order valence-corrected chi connectivity index (χ0v) is 13.9. The normalized spacial score (nSPS) is 10.8. The van der Waals surface area contributed by atoms with Crippen molar-refractivity contribution in [1.82, 2.24) is 4.98 Å². The maximum atomic E-state index is 12.1. The predicted octanol–water partition coefficient (Wildman–Crippen LogP) is 4.35. The maximum absolute atomic E-state index is 12.1. The number of anilines is 1. The van der Waals surface area contributed by atoms with Crippen molar-refractivity contribution in [3.63, 3.8) is 0 Å². The molecule has 1 aromatic heterocycles. The van der Waals surface area contributed by atoms with Crippen LogP contribution in [0.25, 0.3) is 10.9 Å². The molecule has 3 rings (SSSR count). The third-order valence-electron chi connectivity index (χ3n) is 4.23. The van der Waals surface area contributed by atoms with Crippen LogP contribution in [0, 0.1) is 17.0 Å². The van der Waals surface area contributed by atoms with Gasteiger partial charge in [0, 0.05) is 35.7 Å². The van der Waals surface area contributed by atoms with Crippen LogP contribution in [0.4, 0.5) is 11.4 Å². The molecule has 0 saturated heterocycles. The quantitative estimate of drug-likeness (QED) is 0.518. The lowest BCUT2D eigenvalue weighted by molar-refractivity contribution is -0.384. The highest BCUT2D eigenvalue weighted by Gasteiger charge is 2.11. The van der Waals surface area contributed by atoms with Crippen molar-refractivity contribution in [2.75, 3.05) is 5.32 Å². The smallest absolute Gasteiger partial charge is 0.271 e. The van der Waals surface area contributed by atoms with Crippen LogP contribution in [-0.4, -0.2) is 15.8 Å². The molecule has 0 aliphatic heterocycles. The predicted molar refractivity (Wildman–Crippen MR) is 97.7 cm³/mol. The maximum Gasteiger partial charge on any atom is 0.271 e. The number of benzene rings is 2. The van der Waals surface area contributed by atoms with Crippen LogP contribution < -0.4 is 5.32 Å². The first-order valence-corrected chi connectivity index (χ1v) is 8.14. The Hall–Kier alpha value is -3.15. The summed E-state index contributed by atoms with van der Waals surface area (Å²) in [5.74, 6) is -0.136. The van der Waals surface area contributed by atoms with Crippen LogP contribution in [0.15, 0.2) is 48.7 Å². The van der Waals surface area contributed by atoms with Gasteiger partial charge >= 0.3 is 0 Å². The van der Waals surface area contributed by atoms with Gasteiger partial charge in [-0.1, -0.05) is 24.3 Å². The lowest BCUT2D eigenvalue weighted by atomic mass is 10.1. The number of aromatic nitrogens is 1. The van der Waals surface area contributed by atoms with Crippen LogP contribution in [0.3, 0.4) is 0 Å². The van der Waals surface area contributed by atoms with E-state index >= 15 is 0 Å². The number of aryl methyl sites for hydroxylation is 2. The lowest BCUT2D eigenvalue weighted by Crippen LogP contribution is -2.12. The van der Waals surface area contributed by atoms with E-state index in [-0.39, 0.29) is 11.6 Å². The van der Waals surface area contributed by atoms with Gasteiger partial charge in [-0.3, -0.25) is 14.9 Å². The van der Waals surface area contributed by atoms with Gasteiger partial charge in [-0.05, 0) is 37.0 Å². The molecular weight excluding hydrogens is 318 g/mol. The van der Waals surface area contributed by atoms with Crippen molar-refractivity contribution in [3.8, 4) is 0 Å². The van der Waals surface area contributed by atoms with Gasteiger partial charge in [0.15, 0.2) is 0 Å². The largest absolute Gasteiger partial charge is 0.361 e. The molecule has 2 N–H and O–H groups in total. The number of hydrogen-bond acceptors (Lipinski definition) is 3. The topological polar surface area (TPSA) is 88.0 Å². The summed E-state index contributed by atoms with van der Waals surface area (Å²) < 4.78 is 0. The highest BCUT2D eigenvalue weighted by atomic mass is 16.6. The molecule has 0 atom stereocenters. The molecule has 0 aliphatic rings. The Morgan fingerprint density at radius 1 is 1.24 bits per heavy atom. The molecule has 1 amide bonds. The molecule has 6 heteroatoms. The number of non-ortho nitro benzene ring substituents is 1.